The number of fused-ring (bicyclic) bond motifs is 1. The molecule has 4 rings (SSSR count). The second-order valence-electron chi connectivity index (χ2n) is 6.40. The Kier molecular flexibility index (Phi) is 4.17. The molecule has 0 bridgehead atoms. The maximum Gasteiger partial charge on any atom is 0.254 e. The largest absolute Gasteiger partial charge is 0.331 e. The van der Waals surface area contributed by atoms with Crippen molar-refractivity contribution in [3.63, 3.8) is 0 Å². The van der Waals surface area contributed by atoms with Crippen LogP contribution in [0.15, 0.2) is 48.0 Å². The SMILES string of the molecule is CCC1c2ccsc2CCN1C(=O)c1ccc(-n2nccc2C)cc1. The Bertz CT molecular complexity index is 894. The van der Waals surface area contributed by atoms with E-state index in [0.29, 0.717) is 0 Å². The Hall–Kier alpha value is -2.40. The van der Waals surface area contributed by atoms with Crippen molar-refractivity contribution in [2.24, 2.45) is 0 Å². The highest BCUT2D eigenvalue weighted by Crippen LogP contribution is 2.36. The van der Waals surface area contributed by atoms with Gasteiger partial charge in [-0.25, -0.2) is 4.68 Å². The summed E-state index contributed by atoms with van der Waals surface area (Å²) in [6, 6.07) is 12.1. The van der Waals surface area contributed by atoms with Crippen LogP contribution >= 0.6 is 11.3 Å². The predicted molar refractivity (Wildman–Crippen MR) is 100 cm³/mol. The summed E-state index contributed by atoms with van der Waals surface area (Å²) in [7, 11) is 0. The van der Waals surface area contributed by atoms with Crippen molar-refractivity contribution in [1.29, 1.82) is 0 Å². The molecule has 1 atom stereocenters. The minimum atomic E-state index is 0.118. The Balaban J connectivity index is 1.60. The first-order valence-electron chi connectivity index (χ1n) is 8.67. The summed E-state index contributed by atoms with van der Waals surface area (Å²) >= 11 is 1.81. The van der Waals surface area contributed by atoms with E-state index < -0.39 is 0 Å². The standard InChI is InChI=1S/C20H21N3OS/c1-3-18-17-10-13-25-19(17)9-12-22(18)20(24)15-4-6-16(7-5-15)23-14(2)8-11-21-23/h4-8,10-11,13,18H,3,9,12H2,1-2H3. The Morgan fingerprint density at radius 1 is 1.24 bits per heavy atom. The van der Waals surface area contributed by atoms with Gasteiger partial charge < -0.3 is 4.90 Å². The predicted octanol–water partition coefficient (Wildman–Crippen LogP) is 4.39. The summed E-state index contributed by atoms with van der Waals surface area (Å²) in [5.74, 6) is 0.118. The molecule has 25 heavy (non-hydrogen) atoms. The highest BCUT2D eigenvalue weighted by Gasteiger charge is 2.30. The van der Waals surface area contributed by atoms with Crippen LogP contribution in [0, 0.1) is 6.92 Å². The molecule has 1 amide bonds. The summed E-state index contributed by atoms with van der Waals surface area (Å²) in [6.45, 7) is 4.97. The maximum atomic E-state index is 13.1. The average molecular weight is 351 g/mol. The molecule has 128 valence electrons. The van der Waals surface area contributed by atoms with E-state index in [4.69, 9.17) is 0 Å². The number of carbonyl (C=O) groups is 1. The molecule has 1 aliphatic heterocycles. The first kappa shape index (κ1) is 16.1. The highest BCUT2D eigenvalue weighted by atomic mass is 32.1. The quantitative estimate of drug-likeness (QED) is 0.702. The number of benzene rings is 1. The summed E-state index contributed by atoms with van der Waals surface area (Å²) in [5.41, 5.74) is 4.12. The van der Waals surface area contributed by atoms with E-state index in [-0.39, 0.29) is 11.9 Å². The number of thiophene rings is 1. The van der Waals surface area contributed by atoms with Gasteiger partial charge in [0.1, 0.15) is 0 Å². The third kappa shape index (κ3) is 2.78. The molecule has 0 spiro atoms. The van der Waals surface area contributed by atoms with Crippen molar-refractivity contribution >= 4 is 17.2 Å². The fourth-order valence-electron chi connectivity index (χ4n) is 3.63. The molecule has 3 heterocycles. The van der Waals surface area contributed by atoms with Gasteiger partial charge in [0, 0.05) is 28.9 Å². The number of nitrogens with zero attached hydrogens (tertiary/aromatic N) is 3. The average Bonchev–Trinajstić information content (AvgIpc) is 3.29. The molecule has 1 aromatic carbocycles. The van der Waals surface area contributed by atoms with Gasteiger partial charge >= 0.3 is 0 Å². The van der Waals surface area contributed by atoms with Gasteiger partial charge in [0.25, 0.3) is 5.91 Å². The molecule has 1 unspecified atom stereocenters. The van der Waals surface area contributed by atoms with Gasteiger partial charge in [-0.1, -0.05) is 6.92 Å². The van der Waals surface area contributed by atoms with Gasteiger partial charge in [-0.3, -0.25) is 4.79 Å². The molecule has 0 saturated heterocycles. The van der Waals surface area contributed by atoms with Crippen molar-refractivity contribution in [2.45, 2.75) is 32.7 Å². The van der Waals surface area contributed by atoms with Gasteiger partial charge in [-0.15, -0.1) is 11.3 Å². The Morgan fingerprint density at radius 3 is 2.72 bits per heavy atom. The van der Waals surface area contributed by atoms with E-state index in [1.165, 1.54) is 10.4 Å². The van der Waals surface area contributed by atoms with Crippen molar-refractivity contribution < 1.29 is 4.79 Å². The highest BCUT2D eigenvalue weighted by molar-refractivity contribution is 7.10. The van der Waals surface area contributed by atoms with Crippen molar-refractivity contribution in [2.75, 3.05) is 6.54 Å². The van der Waals surface area contributed by atoms with Crippen molar-refractivity contribution in [3.8, 4) is 5.69 Å². The molecule has 0 radical (unpaired) electrons. The molecule has 1 aliphatic rings. The monoisotopic (exact) mass is 351 g/mol. The molecule has 0 N–H and O–H groups in total. The first-order chi connectivity index (χ1) is 12.2. The van der Waals surface area contributed by atoms with Crippen LogP contribution in [-0.4, -0.2) is 27.1 Å². The van der Waals surface area contributed by atoms with E-state index in [1.54, 1.807) is 6.20 Å². The number of hydrogen-bond donors (Lipinski definition) is 0. The van der Waals surface area contributed by atoms with Crippen LogP contribution in [0.2, 0.25) is 0 Å². The van der Waals surface area contributed by atoms with Crippen LogP contribution in [0.1, 0.15) is 45.9 Å². The zero-order valence-corrected chi connectivity index (χ0v) is 15.3. The van der Waals surface area contributed by atoms with Crippen LogP contribution in [0.3, 0.4) is 0 Å². The van der Waals surface area contributed by atoms with Gasteiger partial charge in [-0.05, 0) is 67.1 Å². The fourth-order valence-corrected chi connectivity index (χ4v) is 4.56. The van der Waals surface area contributed by atoms with E-state index in [1.807, 2.05) is 58.2 Å². The number of carbonyl (C=O) groups excluding carboxylic acids is 1. The summed E-state index contributed by atoms with van der Waals surface area (Å²) < 4.78 is 1.88. The zero-order chi connectivity index (χ0) is 17.4. The van der Waals surface area contributed by atoms with Gasteiger partial charge in [0.15, 0.2) is 0 Å². The zero-order valence-electron chi connectivity index (χ0n) is 14.5. The third-order valence-corrected chi connectivity index (χ3v) is 5.93. The van der Waals surface area contributed by atoms with Crippen LogP contribution < -0.4 is 0 Å². The Morgan fingerprint density at radius 2 is 2.04 bits per heavy atom. The summed E-state index contributed by atoms with van der Waals surface area (Å²) in [6.07, 6.45) is 3.69. The molecule has 4 nitrogen and oxygen atoms in total. The number of aryl methyl sites for hydroxylation is 1. The molecular weight excluding hydrogens is 330 g/mol. The third-order valence-electron chi connectivity index (χ3n) is 4.93. The number of rotatable bonds is 3. The molecule has 0 saturated carbocycles. The van der Waals surface area contributed by atoms with E-state index in [2.05, 4.69) is 23.5 Å². The summed E-state index contributed by atoms with van der Waals surface area (Å²) in [4.78, 5) is 16.5. The molecule has 5 heteroatoms. The molecule has 2 aromatic heterocycles. The van der Waals surface area contributed by atoms with Gasteiger partial charge in [-0.2, -0.15) is 5.10 Å². The maximum absolute atomic E-state index is 13.1. The number of hydrogen-bond acceptors (Lipinski definition) is 3. The lowest BCUT2D eigenvalue weighted by molar-refractivity contribution is 0.0657. The molecular formula is C20H21N3OS. The lowest BCUT2D eigenvalue weighted by atomic mass is 9.97. The minimum Gasteiger partial charge on any atom is -0.331 e. The molecule has 0 aliphatic carbocycles. The number of aromatic nitrogens is 2. The van der Waals surface area contributed by atoms with Gasteiger partial charge in [0.2, 0.25) is 0 Å². The van der Waals surface area contributed by atoms with E-state index >= 15 is 0 Å². The van der Waals surface area contributed by atoms with Crippen LogP contribution in [0.25, 0.3) is 5.69 Å². The smallest absolute Gasteiger partial charge is 0.254 e. The normalized spacial score (nSPS) is 16.7. The van der Waals surface area contributed by atoms with Crippen LogP contribution in [0.4, 0.5) is 0 Å². The Labute approximate surface area is 151 Å². The lowest BCUT2D eigenvalue weighted by Gasteiger charge is -2.35. The number of amides is 1. The van der Waals surface area contributed by atoms with Crippen molar-refractivity contribution in [1.82, 2.24) is 14.7 Å². The van der Waals surface area contributed by atoms with E-state index in [9.17, 15) is 4.79 Å². The second kappa shape index (κ2) is 6.48. The minimum absolute atomic E-state index is 0.118. The summed E-state index contributed by atoms with van der Waals surface area (Å²) in [5, 5.41) is 6.46. The molecule has 0 fully saturated rings. The fraction of sp³-hybridized carbons (Fsp3) is 0.300. The van der Waals surface area contributed by atoms with Gasteiger partial charge in [0.05, 0.1) is 11.7 Å². The molecule has 3 aromatic rings. The van der Waals surface area contributed by atoms with Crippen molar-refractivity contribution in [3.05, 3.63) is 69.7 Å². The lowest BCUT2D eigenvalue weighted by Crippen LogP contribution is -2.39. The topological polar surface area (TPSA) is 38.1 Å². The van der Waals surface area contributed by atoms with Crippen LogP contribution in [-0.2, 0) is 6.42 Å². The van der Waals surface area contributed by atoms with Crippen LogP contribution in [0.5, 0.6) is 0 Å². The first-order valence-corrected chi connectivity index (χ1v) is 9.55. The van der Waals surface area contributed by atoms with E-state index in [0.717, 1.165) is 36.3 Å². The second-order valence-corrected chi connectivity index (χ2v) is 7.40.